The zero-order valence-corrected chi connectivity index (χ0v) is 6.59. The number of aliphatic hydroxyl groups is 1. The van der Waals surface area contributed by atoms with E-state index in [2.05, 4.69) is 12.7 Å². The molecule has 0 aliphatic heterocycles. The van der Waals surface area contributed by atoms with Crippen LogP contribution in [0.5, 0.6) is 0 Å². The molecule has 1 nitrogen and oxygen atoms in total. The SMILES string of the molecule is C=CC(O)CCCC=CC. The van der Waals surface area contributed by atoms with Crippen molar-refractivity contribution < 1.29 is 5.11 Å². The van der Waals surface area contributed by atoms with Crippen LogP contribution in [0.25, 0.3) is 0 Å². The van der Waals surface area contributed by atoms with Crippen molar-refractivity contribution in [3.05, 3.63) is 24.8 Å². The molecule has 0 fully saturated rings. The molecular formula is C9H16O. The minimum Gasteiger partial charge on any atom is -0.389 e. The largest absolute Gasteiger partial charge is 0.389 e. The van der Waals surface area contributed by atoms with Crippen LogP contribution in [0.3, 0.4) is 0 Å². The average Bonchev–Trinajstić information content (AvgIpc) is 1.98. The summed E-state index contributed by atoms with van der Waals surface area (Å²) >= 11 is 0. The lowest BCUT2D eigenvalue weighted by molar-refractivity contribution is 0.210. The molecule has 0 rings (SSSR count). The van der Waals surface area contributed by atoms with Gasteiger partial charge in [-0.15, -0.1) is 6.58 Å². The van der Waals surface area contributed by atoms with Crippen molar-refractivity contribution in [1.82, 2.24) is 0 Å². The van der Waals surface area contributed by atoms with Gasteiger partial charge in [-0.25, -0.2) is 0 Å². The quantitative estimate of drug-likeness (QED) is 0.459. The number of allylic oxidation sites excluding steroid dienone is 2. The smallest absolute Gasteiger partial charge is 0.0718 e. The van der Waals surface area contributed by atoms with Crippen molar-refractivity contribution in [2.75, 3.05) is 0 Å². The standard InChI is InChI=1S/C9H16O/c1-3-5-6-7-8-9(10)4-2/h3-5,9-10H,2,6-8H2,1H3. The summed E-state index contributed by atoms with van der Waals surface area (Å²) in [5.41, 5.74) is 0. The van der Waals surface area contributed by atoms with Gasteiger partial charge < -0.3 is 5.11 Å². The molecule has 0 amide bonds. The summed E-state index contributed by atoms with van der Waals surface area (Å²) in [6.45, 7) is 5.50. The van der Waals surface area contributed by atoms with Crippen LogP contribution in [0.4, 0.5) is 0 Å². The molecule has 0 spiro atoms. The van der Waals surface area contributed by atoms with Gasteiger partial charge in [0, 0.05) is 0 Å². The first-order chi connectivity index (χ1) is 4.81. The third-order valence-electron chi connectivity index (χ3n) is 1.38. The summed E-state index contributed by atoms with van der Waals surface area (Å²) in [5, 5.41) is 9.02. The average molecular weight is 140 g/mol. The lowest BCUT2D eigenvalue weighted by Crippen LogP contribution is -1.99. The summed E-state index contributed by atoms with van der Waals surface area (Å²) in [4.78, 5) is 0. The summed E-state index contributed by atoms with van der Waals surface area (Å²) in [7, 11) is 0. The van der Waals surface area contributed by atoms with Crippen molar-refractivity contribution >= 4 is 0 Å². The number of aliphatic hydroxyl groups excluding tert-OH is 1. The van der Waals surface area contributed by atoms with Crippen LogP contribution in [0, 0.1) is 0 Å². The number of rotatable bonds is 5. The van der Waals surface area contributed by atoms with E-state index in [0.29, 0.717) is 0 Å². The minimum absolute atomic E-state index is 0.315. The minimum atomic E-state index is -0.315. The van der Waals surface area contributed by atoms with Gasteiger partial charge in [0.15, 0.2) is 0 Å². The van der Waals surface area contributed by atoms with Crippen LogP contribution in [-0.4, -0.2) is 11.2 Å². The van der Waals surface area contributed by atoms with Crippen LogP contribution in [0.15, 0.2) is 24.8 Å². The number of hydrogen-bond donors (Lipinski definition) is 1. The van der Waals surface area contributed by atoms with E-state index in [1.54, 1.807) is 6.08 Å². The van der Waals surface area contributed by atoms with Crippen molar-refractivity contribution in [2.45, 2.75) is 32.3 Å². The Balaban J connectivity index is 3.11. The van der Waals surface area contributed by atoms with E-state index in [0.717, 1.165) is 19.3 Å². The van der Waals surface area contributed by atoms with E-state index in [9.17, 15) is 0 Å². The molecule has 1 heteroatoms. The molecule has 0 aliphatic carbocycles. The van der Waals surface area contributed by atoms with Crippen molar-refractivity contribution in [3.63, 3.8) is 0 Å². The molecule has 0 aromatic heterocycles. The lowest BCUT2D eigenvalue weighted by atomic mass is 10.1. The maximum absolute atomic E-state index is 9.02. The fourth-order valence-corrected chi connectivity index (χ4v) is 0.729. The highest BCUT2D eigenvalue weighted by Crippen LogP contribution is 2.01. The molecular weight excluding hydrogens is 124 g/mol. The van der Waals surface area contributed by atoms with Crippen LogP contribution in [-0.2, 0) is 0 Å². The predicted molar refractivity (Wildman–Crippen MR) is 44.9 cm³/mol. The molecule has 0 saturated carbocycles. The van der Waals surface area contributed by atoms with Crippen LogP contribution in [0.1, 0.15) is 26.2 Å². The highest BCUT2D eigenvalue weighted by molar-refractivity contribution is 4.81. The maximum atomic E-state index is 9.02. The van der Waals surface area contributed by atoms with Crippen molar-refractivity contribution in [2.24, 2.45) is 0 Å². The van der Waals surface area contributed by atoms with Gasteiger partial charge in [0.2, 0.25) is 0 Å². The van der Waals surface area contributed by atoms with Gasteiger partial charge in [0.1, 0.15) is 0 Å². The van der Waals surface area contributed by atoms with E-state index in [1.807, 2.05) is 13.0 Å². The van der Waals surface area contributed by atoms with Gasteiger partial charge in [-0.3, -0.25) is 0 Å². The second-order valence-corrected chi connectivity index (χ2v) is 2.30. The Kier molecular flexibility index (Phi) is 6.19. The highest BCUT2D eigenvalue weighted by atomic mass is 16.3. The maximum Gasteiger partial charge on any atom is 0.0718 e. The van der Waals surface area contributed by atoms with Gasteiger partial charge in [0.05, 0.1) is 6.10 Å². The Bertz CT molecular complexity index is 105. The van der Waals surface area contributed by atoms with Crippen molar-refractivity contribution in [3.8, 4) is 0 Å². The van der Waals surface area contributed by atoms with Gasteiger partial charge in [-0.2, -0.15) is 0 Å². The van der Waals surface area contributed by atoms with E-state index < -0.39 is 0 Å². The molecule has 1 atom stereocenters. The molecule has 10 heavy (non-hydrogen) atoms. The normalized spacial score (nSPS) is 13.8. The topological polar surface area (TPSA) is 20.2 Å². The molecule has 0 aliphatic rings. The molecule has 0 radical (unpaired) electrons. The van der Waals surface area contributed by atoms with E-state index in [-0.39, 0.29) is 6.10 Å². The summed E-state index contributed by atoms with van der Waals surface area (Å²) < 4.78 is 0. The molecule has 58 valence electrons. The third kappa shape index (κ3) is 5.57. The Morgan fingerprint density at radius 2 is 2.30 bits per heavy atom. The summed E-state index contributed by atoms with van der Waals surface area (Å²) in [6, 6.07) is 0. The second kappa shape index (κ2) is 6.56. The van der Waals surface area contributed by atoms with Gasteiger partial charge >= 0.3 is 0 Å². The molecule has 1 N–H and O–H groups in total. The van der Waals surface area contributed by atoms with Crippen LogP contribution in [0.2, 0.25) is 0 Å². The first-order valence-corrected chi connectivity index (χ1v) is 3.73. The highest BCUT2D eigenvalue weighted by Gasteiger charge is 1.94. The van der Waals surface area contributed by atoms with Crippen molar-refractivity contribution in [1.29, 1.82) is 0 Å². The second-order valence-electron chi connectivity index (χ2n) is 2.30. The monoisotopic (exact) mass is 140 g/mol. The van der Waals surface area contributed by atoms with Gasteiger partial charge in [-0.1, -0.05) is 18.2 Å². The fourth-order valence-electron chi connectivity index (χ4n) is 0.729. The van der Waals surface area contributed by atoms with E-state index in [4.69, 9.17) is 5.11 Å². The third-order valence-corrected chi connectivity index (χ3v) is 1.38. The Morgan fingerprint density at radius 1 is 1.60 bits per heavy atom. The first kappa shape index (κ1) is 9.44. The summed E-state index contributed by atoms with van der Waals surface area (Å²) in [6.07, 6.45) is 8.32. The van der Waals surface area contributed by atoms with E-state index >= 15 is 0 Å². The first-order valence-electron chi connectivity index (χ1n) is 3.73. The van der Waals surface area contributed by atoms with Crippen LogP contribution < -0.4 is 0 Å². The predicted octanol–water partition coefficient (Wildman–Crippen LogP) is 2.28. The Morgan fingerprint density at radius 3 is 2.80 bits per heavy atom. The molecule has 0 heterocycles. The van der Waals surface area contributed by atoms with E-state index in [1.165, 1.54) is 0 Å². The molecule has 0 aromatic carbocycles. The molecule has 0 saturated heterocycles. The Hall–Kier alpha value is -0.560. The number of hydrogen-bond acceptors (Lipinski definition) is 1. The van der Waals surface area contributed by atoms with Crippen LogP contribution >= 0.6 is 0 Å². The summed E-state index contributed by atoms with van der Waals surface area (Å²) in [5.74, 6) is 0. The molecule has 0 bridgehead atoms. The zero-order valence-electron chi connectivity index (χ0n) is 6.59. The van der Waals surface area contributed by atoms with Gasteiger partial charge in [0.25, 0.3) is 0 Å². The van der Waals surface area contributed by atoms with Gasteiger partial charge in [-0.05, 0) is 26.2 Å². The fraction of sp³-hybridized carbons (Fsp3) is 0.556. The lowest BCUT2D eigenvalue weighted by Gasteiger charge is -2.01. The zero-order chi connectivity index (χ0) is 7.82. The molecule has 1 unspecified atom stereocenters. The number of unbranched alkanes of at least 4 members (excludes halogenated alkanes) is 1. The molecule has 0 aromatic rings. The Labute approximate surface area is 63.1 Å².